The van der Waals surface area contributed by atoms with Gasteiger partial charge in [-0.2, -0.15) is 0 Å². The molecule has 3 rings (SSSR count). The summed E-state index contributed by atoms with van der Waals surface area (Å²) < 4.78 is 0. The molecule has 4 N–H and O–H groups in total. The summed E-state index contributed by atoms with van der Waals surface area (Å²) >= 11 is 1.73. The molecule has 0 spiro atoms. The standard InChI is InChI=1S/C23H23N3OS/c1-28-20-6-4-5-19(15-20)25-16-18-11-9-17(10-12-18)13-14-23(27)26-22-8-3-2-7-21(22)24/h2-15,25H,16,24H2,1H3,(H,26,27). The molecule has 0 atom stereocenters. The maximum absolute atomic E-state index is 12.1. The van der Waals surface area contributed by atoms with Crippen molar-refractivity contribution in [3.63, 3.8) is 0 Å². The third-order valence-electron chi connectivity index (χ3n) is 4.19. The van der Waals surface area contributed by atoms with Gasteiger partial charge in [-0.25, -0.2) is 0 Å². The predicted octanol–water partition coefficient (Wildman–Crippen LogP) is 5.25. The Bertz CT molecular complexity index is 968. The Morgan fingerprint density at radius 2 is 1.82 bits per heavy atom. The van der Waals surface area contributed by atoms with E-state index >= 15 is 0 Å². The van der Waals surface area contributed by atoms with E-state index in [1.165, 1.54) is 16.5 Å². The highest BCUT2D eigenvalue weighted by atomic mass is 32.2. The summed E-state index contributed by atoms with van der Waals surface area (Å²) in [6.45, 7) is 0.746. The molecule has 0 aromatic heterocycles. The second kappa shape index (κ2) is 9.67. The van der Waals surface area contributed by atoms with Crippen molar-refractivity contribution in [1.29, 1.82) is 0 Å². The zero-order valence-corrected chi connectivity index (χ0v) is 16.5. The molecule has 0 bridgehead atoms. The molecule has 0 fully saturated rings. The number of hydrogen-bond acceptors (Lipinski definition) is 4. The van der Waals surface area contributed by atoms with Crippen LogP contribution in [0.4, 0.5) is 17.1 Å². The third kappa shape index (κ3) is 5.66. The van der Waals surface area contributed by atoms with Gasteiger partial charge in [-0.1, -0.05) is 42.5 Å². The van der Waals surface area contributed by atoms with Crippen LogP contribution < -0.4 is 16.4 Å². The van der Waals surface area contributed by atoms with Crippen LogP contribution in [0.5, 0.6) is 0 Å². The largest absolute Gasteiger partial charge is 0.397 e. The summed E-state index contributed by atoms with van der Waals surface area (Å²) in [6, 6.07) is 23.6. The molecule has 0 aliphatic carbocycles. The van der Waals surface area contributed by atoms with Crippen molar-refractivity contribution in [1.82, 2.24) is 0 Å². The fourth-order valence-electron chi connectivity index (χ4n) is 2.64. The lowest BCUT2D eigenvalue weighted by atomic mass is 10.1. The number of nitrogens with one attached hydrogen (secondary N) is 2. The minimum atomic E-state index is -0.211. The van der Waals surface area contributed by atoms with Crippen LogP contribution in [0.1, 0.15) is 11.1 Å². The van der Waals surface area contributed by atoms with Crippen molar-refractivity contribution in [2.75, 3.05) is 22.6 Å². The molecule has 4 nitrogen and oxygen atoms in total. The highest BCUT2D eigenvalue weighted by molar-refractivity contribution is 7.98. The summed E-state index contributed by atoms with van der Waals surface area (Å²) in [5, 5.41) is 6.21. The van der Waals surface area contributed by atoms with E-state index in [2.05, 4.69) is 53.3 Å². The number of benzene rings is 3. The Balaban J connectivity index is 1.54. The molecule has 28 heavy (non-hydrogen) atoms. The topological polar surface area (TPSA) is 67.2 Å². The van der Waals surface area contributed by atoms with E-state index in [1.807, 2.05) is 24.3 Å². The van der Waals surface area contributed by atoms with Crippen molar-refractivity contribution < 1.29 is 4.79 Å². The van der Waals surface area contributed by atoms with Crippen LogP contribution in [0, 0.1) is 0 Å². The number of thioether (sulfide) groups is 1. The smallest absolute Gasteiger partial charge is 0.248 e. The van der Waals surface area contributed by atoms with Crippen LogP contribution in [0.2, 0.25) is 0 Å². The first-order valence-electron chi connectivity index (χ1n) is 8.94. The summed E-state index contributed by atoms with van der Waals surface area (Å²) in [6.07, 6.45) is 5.36. The molecule has 0 aliphatic rings. The second-order valence-electron chi connectivity index (χ2n) is 6.24. The average Bonchev–Trinajstić information content (AvgIpc) is 2.73. The van der Waals surface area contributed by atoms with Crippen molar-refractivity contribution >= 4 is 40.8 Å². The highest BCUT2D eigenvalue weighted by Gasteiger charge is 2.01. The number of nitrogen functional groups attached to an aromatic ring is 1. The van der Waals surface area contributed by atoms with Gasteiger partial charge in [0.05, 0.1) is 11.4 Å². The van der Waals surface area contributed by atoms with Gasteiger partial charge in [-0.05, 0) is 53.8 Å². The Labute approximate surface area is 169 Å². The van der Waals surface area contributed by atoms with Gasteiger partial charge in [0.2, 0.25) is 5.91 Å². The Hall–Kier alpha value is -3.18. The quantitative estimate of drug-likeness (QED) is 0.293. The summed E-state index contributed by atoms with van der Waals surface area (Å²) in [7, 11) is 0. The number of carbonyl (C=O) groups is 1. The molecule has 0 radical (unpaired) electrons. The molecule has 3 aromatic rings. The highest BCUT2D eigenvalue weighted by Crippen LogP contribution is 2.20. The van der Waals surface area contributed by atoms with Crippen LogP contribution >= 0.6 is 11.8 Å². The van der Waals surface area contributed by atoms with Gasteiger partial charge >= 0.3 is 0 Å². The fourth-order valence-corrected chi connectivity index (χ4v) is 3.10. The zero-order chi connectivity index (χ0) is 19.8. The second-order valence-corrected chi connectivity index (χ2v) is 7.12. The molecule has 5 heteroatoms. The zero-order valence-electron chi connectivity index (χ0n) is 15.7. The molecule has 3 aromatic carbocycles. The first-order valence-corrected chi connectivity index (χ1v) is 10.2. The lowest BCUT2D eigenvalue weighted by Crippen LogP contribution is -2.09. The van der Waals surface area contributed by atoms with Gasteiger partial charge in [0.1, 0.15) is 0 Å². The van der Waals surface area contributed by atoms with Crippen LogP contribution in [0.25, 0.3) is 6.08 Å². The van der Waals surface area contributed by atoms with Crippen molar-refractivity contribution in [2.45, 2.75) is 11.4 Å². The number of nitrogens with two attached hydrogens (primary N) is 1. The van der Waals surface area contributed by atoms with Crippen LogP contribution in [0.3, 0.4) is 0 Å². The Morgan fingerprint density at radius 3 is 2.57 bits per heavy atom. The maximum Gasteiger partial charge on any atom is 0.248 e. The van der Waals surface area contributed by atoms with Crippen LogP contribution in [0.15, 0.2) is 83.8 Å². The number of amides is 1. The molecular weight excluding hydrogens is 366 g/mol. The SMILES string of the molecule is CSc1cccc(NCc2ccc(C=CC(=O)Nc3ccccc3N)cc2)c1. The molecule has 142 valence electrons. The summed E-state index contributed by atoms with van der Waals surface area (Å²) in [5.41, 5.74) is 10.2. The normalized spacial score (nSPS) is 10.8. The maximum atomic E-state index is 12.1. The minimum Gasteiger partial charge on any atom is -0.397 e. The number of hydrogen-bond donors (Lipinski definition) is 3. The molecule has 0 unspecified atom stereocenters. The minimum absolute atomic E-state index is 0.211. The molecule has 1 amide bonds. The van der Waals surface area contributed by atoms with Crippen molar-refractivity contribution in [2.24, 2.45) is 0 Å². The van der Waals surface area contributed by atoms with Gasteiger partial charge < -0.3 is 16.4 Å². The number of carbonyl (C=O) groups excluding carboxylic acids is 1. The molecule has 0 aliphatic heterocycles. The van der Waals surface area contributed by atoms with E-state index in [4.69, 9.17) is 5.73 Å². The third-order valence-corrected chi connectivity index (χ3v) is 4.92. The first kappa shape index (κ1) is 19.6. The Morgan fingerprint density at radius 1 is 1.04 bits per heavy atom. The van der Waals surface area contributed by atoms with Crippen LogP contribution in [-0.2, 0) is 11.3 Å². The van der Waals surface area contributed by atoms with E-state index in [9.17, 15) is 4.79 Å². The van der Waals surface area contributed by atoms with Gasteiger partial charge in [0, 0.05) is 23.2 Å². The summed E-state index contributed by atoms with van der Waals surface area (Å²) in [5.74, 6) is -0.211. The Kier molecular flexibility index (Phi) is 6.76. The molecule has 0 saturated carbocycles. The van der Waals surface area contributed by atoms with E-state index in [1.54, 1.807) is 30.0 Å². The van der Waals surface area contributed by atoms with Crippen LogP contribution in [-0.4, -0.2) is 12.2 Å². The van der Waals surface area contributed by atoms with E-state index in [0.717, 1.165) is 17.8 Å². The monoisotopic (exact) mass is 389 g/mol. The summed E-state index contributed by atoms with van der Waals surface area (Å²) in [4.78, 5) is 13.3. The van der Waals surface area contributed by atoms with E-state index in [0.29, 0.717) is 11.4 Å². The lowest BCUT2D eigenvalue weighted by Gasteiger charge is -2.08. The lowest BCUT2D eigenvalue weighted by molar-refractivity contribution is -0.111. The van der Waals surface area contributed by atoms with Crippen molar-refractivity contribution in [3.05, 3.63) is 90.0 Å². The van der Waals surface area contributed by atoms with Gasteiger partial charge in [0.25, 0.3) is 0 Å². The fraction of sp³-hybridized carbons (Fsp3) is 0.0870. The number of rotatable bonds is 7. The van der Waals surface area contributed by atoms with Crippen molar-refractivity contribution in [3.8, 4) is 0 Å². The number of para-hydroxylation sites is 2. The van der Waals surface area contributed by atoms with Gasteiger partial charge in [0.15, 0.2) is 0 Å². The number of anilines is 3. The van der Waals surface area contributed by atoms with Gasteiger partial charge in [-0.15, -0.1) is 11.8 Å². The van der Waals surface area contributed by atoms with E-state index in [-0.39, 0.29) is 5.91 Å². The predicted molar refractivity (Wildman–Crippen MR) is 121 cm³/mol. The molecule has 0 heterocycles. The van der Waals surface area contributed by atoms with Gasteiger partial charge in [-0.3, -0.25) is 4.79 Å². The molecular formula is C23H23N3OS. The van der Waals surface area contributed by atoms with E-state index < -0.39 is 0 Å². The molecule has 0 saturated heterocycles. The average molecular weight is 390 g/mol. The first-order chi connectivity index (χ1) is 13.6.